The van der Waals surface area contributed by atoms with E-state index in [0.717, 1.165) is 16.1 Å². The number of benzene rings is 2. The zero-order chi connectivity index (χ0) is 14.4. The first-order chi connectivity index (χ1) is 9.70. The lowest BCUT2D eigenvalue weighted by molar-refractivity contribution is -0.115. The number of hydrogen-bond acceptors (Lipinski definition) is 3. The van der Waals surface area contributed by atoms with Crippen LogP contribution in [0.1, 0.15) is 5.56 Å². The van der Waals surface area contributed by atoms with Crippen LogP contribution >= 0.6 is 24.4 Å². The molecule has 4 heteroatoms. The number of thiol groups is 1. The van der Waals surface area contributed by atoms with Crippen LogP contribution < -0.4 is 5.32 Å². The van der Waals surface area contributed by atoms with Gasteiger partial charge in [-0.25, -0.2) is 0 Å². The van der Waals surface area contributed by atoms with Gasteiger partial charge in [0, 0.05) is 4.90 Å². The molecule has 0 heterocycles. The van der Waals surface area contributed by atoms with E-state index < -0.39 is 0 Å². The number of nitrogens with one attached hydrogen (secondary N) is 1. The summed E-state index contributed by atoms with van der Waals surface area (Å²) in [4.78, 5) is 13.2. The molecule has 1 amide bonds. The molecular weight excluding hydrogens is 286 g/mol. The Balaban J connectivity index is 2.01. The van der Waals surface area contributed by atoms with Crippen molar-refractivity contribution in [3.8, 4) is 0 Å². The minimum atomic E-state index is -0.354. The minimum absolute atomic E-state index is 0.0707. The number of para-hydroxylation sites is 1. The van der Waals surface area contributed by atoms with Crippen molar-refractivity contribution >= 4 is 36.0 Å². The Labute approximate surface area is 129 Å². The Morgan fingerprint density at radius 1 is 1.15 bits per heavy atom. The lowest BCUT2D eigenvalue weighted by atomic mass is 10.1. The molecule has 0 bridgehead atoms. The smallest absolute Gasteiger partial charge is 0.237 e. The molecule has 1 atom stereocenters. The van der Waals surface area contributed by atoms with Gasteiger partial charge in [-0.2, -0.15) is 12.6 Å². The SMILES string of the molecule is CSc1ccccc1NC(=O)C(S)Cc1ccccc1. The van der Waals surface area contributed by atoms with Crippen molar-refractivity contribution < 1.29 is 4.79 Å². The van der Waals surface area contributed by atoms with Crippen molar-refractivity contribution in [2.75, 3.05) is 11.6 Å². The lowest BCUT2D eigenvalue weighted by Crippen LogP contribution is -2.25. The van der Waals surface area contributed by atoms with Gasteiger partial charge in [-0.05, 0) is 30.4 Å². The second-order valence-corrected chi connectivity index (χ2v) is 5.87. The summed E-state index contributed by atoms with van der Waals surface area (Å²) in [7, 11) is 0. The van der Waals surface area contributed by atoms with Gasteiger partial charge in [-0.1, -0.05) is 42.5 Å². The first kappa shape index (κ1) is 15.0. The van der Waals surface area contributed by atoms with Gasteiger partial charge in [-0.3, -0.25) is 4.79 Å². The molecular formula is C16H17NOS2. The molecule has 20 heavy (non-hydrogen) atoms. The largest absolute Gasteiger partial charge is 0.324 e. The second-order valence-electron chi connectivity index (χ2n) is 4.40. The number of rotatable bonds is 5. The second kappa shape index (κ2) is 7.41. The number of carbonyl (C=O) groups is 1. The molecule has 0 aliphatic carbocycles. The van der Waals surface area contributed by atoms with E-state index in [1.807, 2.05) is 60.9 Å². The van der Waals surface area contributed by atoms with Crippen LogP contribution in [0.2, 0.25) is 0 Å². The Morgan fingerprint density at radius 2 is 1.80 bits per heavy atom. The highest BCUT2D eigenvalue weighted by Gasteiger charge is 2.15. The number of carbonyl (C=O) groups excluding carboxylic acids is 1. The summed E-state index contributed by atoms with van der Waals surface area (Å²) in [6.07, 6.45) is 2.62. The molecule has 0 aromatic heterocycles. The standard InChI is InChI=1S/C16H17NOS2/c1-20-15-10-6-5-9-13(15)17-16(18)14(19)11-12-7-3-2-4-8-12/h2-10,14,19H,11H2,1H3,(H,17,18). The van der Waals surface area contributed by atoms with Crippen molar-refractivity contribution in [1.82, 2.24) is 0 Å². The number of anilines is 1. The highest BCUT2D eigenvalue weighted by Crippen LogP contribution is 2.25. The first-order valence-electron chi connectivity index (χ1n) is 6.36. The third-order valence-corrected chi connectivity index (χ3v) is 4.15. The van der Waals surface area contributed by atoms with Crippen molar-refractivity contribution in [3.63, 3.8) is 0 Å². The first-order valence-corrected chi connectivity index (χ1v) is 8.10. The van der Waals surface area contributed by atoms with Gasteiger partial charge in [0.05, 0.1) is 10.9 Å². The molecule has 0 saturated heterocycles. The molecule has 2 aromatic carbocycles. The minimum Gasteiger partial charge on any atom is -0.324 e. The van der Waals surface area contributed by atoms with Crippen LogP contribution in [-0.2, 0) is 11.2 Å². The van der Waals surface area contributed by atoms with E-state index in [0.29, 0.717) is 6.42 Å². The maximum Gasteiger partial charge on any atom is 0.237 e. The lowest BCUT2D eigenvalue weighted by Gasteiger charge is -2.13. The third kappa shape index (κ3) is 4.05. The molecule has 0 aliphatic heterocycles. The fourth-order valence-corrected chi connectivity index (χ4v) is 2.72. The van der Waals surface area contributed by atoms with Crippen LogP contribution in [0, 0.1) is 0 Å². The summed E-state index contributed by atoms with van der Waals surface area (Å²) in [5.74, 6) is -0.0707. The van der Waals surface area contributed by atoms with Crippen molar-refractivity contribution in [2.45, 2.75) is 16.6 Å². The molecule has 0 spiro atoms. The molecule has 0 fully saturated rings. The number of hydrogen-bond donors (Lipinski definition) is 2. The van der Waals surface area contributed by atoms with Gasteiger partial charge in [0.2, 0.25) is 5.91 Å². The Bertz CT molecular complexity index is 572. The van der Waals surface area contributed by atoms with Crippen LogP contribution in [-0.4, -0.2) is 17.4 Å². The number of amides is 1. The summed E-state index contributed by atoms with van der Waals surface area (Å²) < 4.78 is 0. The summed E-state index contributed by atoms with van der Waals surface area (Å²) >= 11 is 6.02. The molecule has 0 aliphatic rings. The molecule has 2 nitrogen and oxygen atoms in total. The van der Waals surface area contributed by atoms with Gasteiger partial charge in [0.15, 0.2) is 0 Å². The van der Waals surface area contributed by atoms with Gasteiger partial charge in [0.1, 0.15) is 0 Å². The molecule has 2 rings (SSSR count). The summed E-state index contributed by atoms with van der Waals surface area (Å²) in [6.45, 7) is 0. The molecule has 104 valence electrons. The van der Waals surface area contributed by atoms with E-state index in [1.165, 1.54) is 0 Å². The summed E-state index contributed by atoms with van der Waals surface area (Å²) in [5, 5.41) is 2.59. The summed E-state index contributed by atoms with van der Waals surface area (Å²) in [6, 6.07) is 17.7. The van der Waals surface area contributed by atoms with Gasteiger partial charge in [-0.15, -0.1) is 11.8 Å². The number of thioether (sulfide) groups is 1. The Morgan fingerprint density at radius 3 is 2.50 bits per heavy atom. The zero-order valence-electron chi connectivity index (χ0n) is 11.2. The van der Waals surface area contributed by atoms with Gasteiger partial charge < -0.3 is 5.32 Å². The van der Waals surface area contributed by atoms with Gasteiger partial charge >= 0.3 is 0 Å². The third-order valence-electron chi connectivity index (χ3n) is 2.94. The van der Waals surface area contributed by atoms with Crippen molar-refractivity contribution in [2.24, 2.45) is 0 Å². The Kier molecular flexibility index (Phi) is 5.56. The fraction of sp³-hybridized carbons (Fsp3) is 0.188. The predicted molar refractivity (Wildman–Crippen MR) is 89.8 cm³/mol. The highest BCUT2D eigenvalue weighted by atomic mass is 32.2. The van der Waals surface area contributed by atoms with E-state index in [-0.39, 0.29) is 11.2 Å². The molecule has 0 saturated carbocycles. The normalized spacial score (nSPS) is 11.9. The summed E-state index contributed by atoms with van der Waals surface area (Å²) in [5.41, 5.74) is 1.96. The highest BCUT2D eigenvalue weighted by molar-refractivity contribution is 7.98. The van der Waals surface area contributed by atoms with Crippen molar-refractivity contribution in [1.29, 1.82) is 0 Å². The van der Waals surface area contributed by atoms with E-state index >= 15 is 0 Å². The van der Waals surface area contributed by atoms with Crippen LogP contribution in [0.15, 0.2) is 59.5 Å². The van der Waals surface area contributed by atoms with E-state index in [2.05, 4.69) is 17.9 Å². The monoisotopic (exact) mass is 303 g/mol. The zero-order valence-corrected chi connectivity index (χ0v) is 13.0. The molecule has 0 radical (unpaired) electrons. The average Bonchev–Trinajstić information content (AvgIpc) is 2.48. The molecule has 1 unspecified atom stereocenters. The van der Waals surface area contributed by atoms with E-state index in [4.69, 9.17) is 0 Å². The van der Waals surface area contributed by atoms with Crippen LogP contribution in [0.4, 0.5) is 5.69 Å². The predicted octanol–water partition coefficient (Wildman–Crippen LogP) is 3.89. The van der Waals surface area contributed by atoms with Crippen LogP contribution in [0.25, 0.3) is 0 Å². The average molecular weight is 303 g/mol. The quantitative estimate of drug-likeness (QED) is 0.648. The molecule has 2 aromatic rings. The van der Waals surface area contributed by atoms with E-state index in [1.54, 1.807) is 11.8 Å². The Hall–Kier alpha value is -1.39. The maximum atomic E-state index is 12.2. The maximum absolute atomic E-state index is 12.2. The topological polar surface area (TPSA) is 29.1 Å². The van der Waals surface area contributed by atoms with E-state index in [9.17, 15) is 4.79 Å². The van der Waals surface area contributed by atoms with Crippen LogP contribution in [0.5, 0.6) is 0 Å². The fourth-order valence-electron chi connectivity index (χ4n) is 1.89. The van der Waals surface area contributed by atoms with Crippen molar-refractivity contribution in [3.05, 3.63) is 60.2 Å². The molecule has 1 N–H and O–H groups in total. The van der Waals surface area contributed by atoms with Gasteiger partial charge in [0.25, 0.3) is 0 Å². The van der Waals surface area contributed by atoms with Crippen LogP contribution in [0.3, 0.4) is 0 Å².